The number of nitrogens with one attached hydrogen (secondary N) is 1. The van der Waals surface area contributed by atoms with E-state index in [-0.39, 0.29) is 24.0 Å². The molecule has 0 spiro atoms. The fraction of sp³-hybridized carbons (Fsp3) is 0.480. The molecule has 3 aliphatic rings. The minimum atomic E-state index is -1.10. The molecule has 0 unspecified atom stereocenters. The van der Waals surface area contributed by atoms with Crippen LogP contribution in [-0.4, -0.2) is 59.1 Å². The molecule has 5 rings (SSSR count). The van der Waals surface area contributed by atoms with E-state index >= 15 is 0 Å². The summed E-state index contributed by atoms with van der Waals surface area (Å²) in [5.41, 5.74) is 0.823. The van der Waals surface area contributed by atoms with Gasteiger partial charge in [0.15, 0.2) is 5.54 Å². The number of carbonyl (C=O) groups excluding carboxylic acids is 2. The summed E-state index contributed by atoms with van der Waals surface area (Å²) < 4.78 is 5.71. The maximum atomic E-state index is 13.8. The van der Waals surface area contributed by atoms with Crippen LogP contribution in [0.15, 0.2) is 54.7 Å². The summed E-state index contributed by atoms with van der Waals surface area (Å²) in [6.45, 7) is 3.66. The zero-order valence-corrected chi connectivity index (χ0v) is 18.3. The molecule has 0 saturated carbocycles. The highest BCUT2D eigenvalue weighted by Crippen LogP contribution is 2.41. The summed E-state index contributed by atoms with van der Waals surface area (Å²) in [5, 5.41) is 3.09. The lowest BCUT2D eigenvalue weighted by Crippen LogP contribution is -2.54. The molecule has 3 saturated heterocycles. The van der Waals surface area contributed by atoms with Gasteiger partial charge in [0.05, 0.1) is 18.3 Å². The number of carbonyl (C=O) groups is 2. The van der Waals surface area contributed by atoms with Gasteiger partial charge in [-0.2, -0.15) is 0 Å². The molecule has 2 aromatic rings. The molecule has 1 N–H and O–H groups in total. The molecule has 0 radical (unpaired) electrons. The first-order chi connectivity index (χ1) is 15.7. The van der Waals surface area contributed by atoms with E-state index in [4.69, 9.17) is 4.74 Å². The lowest BCUT2D eigenvalue weighted by Gasteiger charge is -2.40. The average Bonchev–Trinajstić information content (AvgIpc) is 3.44. The van der Waals surface area contributed by atoms with Crippen molar-refractivity contribution in [3.8, 4) is 0 Å². The van der Waals surface area contributed by atoms with Gasteiger partial charge in [-0.3, -0.25) is 19.6 Å². The van der Waals surface area contributed by atoms with Gasteiger partial charge in [0, 0.05) is 19.3 Å². The smallest absolute Gasteiger partial charge is 0.325 e. The Kier molecular flexibility index (Phi) is 5.93. The van der Waals surface area contributed by atoms with E-state index in [1.54, 1.807) is 6.20 Å². The van der Waals surface area contributed by atoms with Gasteiger partial charge in [-0.25, -0.2) is 4.79 Å². The highest BCUT2D eigenvalue weighted by molar-refractivity contribution is 6.07. The molecular weight excluding hydrogens is 404 g/mol. The Labute approximate surface area is 188 Å². The minimum Gasteiger partial charge on any atom is -0.376 e. The van der Waals surface area contributed by atoms with Gasteiger partial charge in [-0.05, 0) is 62.4 Å². The van der Waals surface area contributed by atoms with E-state index in [9.17, 15) is 9.59 Å². The molecule has 32 heavy (non-hydrogen) atoms. The van der Waals surface area contributed by atoms with Gasteiger partial charge in [0.25, 0.3) is 5.91 Å². The molecule has 3 fully saturated rings. The minimum absolute atomic E-state index is 0.00429. The third-order valence-corrected chi connectivity index (χ3v) is 7.06. The number of hydrogen-bond donors (Lipinski definition) is 1. The Morgan fingerprint density at radius 3 is 2.50 bits per heavy atom. The van der Waals surface area contributed by atoms with E-state index < -0.39 is 5.54 Å². The number of piperidine rings is 1. The summed E-state index contributed by atoms with van der Waals surface area (Å²) in [4.78, 5) is 35.2. The second-order valence-electron chi connectivity index (χ2n) is 9.04. The Balaban J connectivity index is 1.36. The van der Waals surface area contributed by atoms with Crippen LogP contribution < -0.4 is 5.32 Å². The summed E-state index contributed by atoms with van der Waals surface area (Å²) in [6.07, 6.45) is 5.12. The van der Waals surface area contributed by atoms with Crippen molar-refractivity contribution in [3.63, 3.8) is 0 Å². The SMILES string of the molecule is O=C1N[C@](c2ccccn2)(C2CCN(Cc3ccccc3)CC2)C(=O)N1C[C@@H]1CCCO1. The lowest BCUT2D eigenvalue weighted by atomic mass is 9.75. The van der Waals surface area contributed by atoms with Crippen molar-refractivity contribution in [2.24, 2.45) is 5.92 Å². The van der Waals surface area contributed by atoms with Crippen molar-refractivity contribution in [1.29, 1.82) is 0 Å². The van der Waals surface area contributed by atoms with Crippen LogP contribution in [0.5, 0.6) is 0 Å². The predicted octanol–water partition coefficient (Wildman–Crippen LogP) is 2.92. The molecule has 1 aromatic carbocycles. The Morgan fingerprint density at radius 1 is 1.03 bits per heavy atom. The second kappa shape index (κ2) is 9.00. The van der Waals surface area contributed by atoms with Gasteiger partial charge in [0.1, 0.15) is 0 Å². The molecule has 0 bridgehead atoms. The first kappa shape index (κ1) is 21.1. The fourth-order valence-electron chi connectivity index (χ4n) is 5.37. The van der Waals surface area contributed by atoms with Crippen LogP contribution in [0.4, 0.5) is 4.79 Å². The highest BCUT2D eigenvalue weighted by Gasteiger charge is 2.58. The zero-order valence-electron chi connectivity index (χ0n) is 18.3. The molecule has 3 aliphatic heterocycles. The third-order valence-electron chi connectivity index (χ3n) is 7.06. The van der Waals surface area contributed by atoms with Crippen LogP contribution in [-0.2, 0) is 21.6 Å². The molecule has 4 heterocycles. The van der Waals surface area contributed by atoms with Crippen LogP contribution in [0.1, 0.15) is 36.9 Å². The number of urea groups is 1. The quantitative estimate of drug-likeness (QED) is 0.708. The number of imide groups is 1. The van der Waals surface area contributed by atoms with Crippen molar-refractivity contribution in [1.82, 2.24) is 20.1 Å². The maximum absolute atomic E-state index is 13.8. The van der Waals surface area contributed by atoms with E-state index in [0.717, 1.165) is 45.3 Å². The maximum Gasteiger partial charge on any atom is 0.325 e. The van der Waals surface area contributed by atoms with E-state index in [2.05, 4.69) is 39.5 Å². The van der Waals surface area contributed by atoms with E-state index in [0.29, 0.717) is 18.8 Å². The largest absolute Gasteiger partial charge is 0.376 e. The Bertz CT molecular complexity index is 940. The molecule has 7 heteroatoms. The van der Waals surface area contributed by atoms with Crippen molar-refractivity contribution in [2.75, 3.05) is 26.2 Å². The van der Waals surface area contributed by atoms with Crippen LogP contribution in [0.2, 0.25) is 0 Å². The normalized spacial score (nSPS) is 27.1. The molecule has 3 amide bonds. The standard InChI is InChI=1S/C25H30N4O3/c30-23-25(22-10-4-5-13-26-22,27-24(31)29(23)18-21-9-6-16-32-21)20-11-14-28(15-12-20)17-19-7-2-1-3-8-19/h1-5,7-8,10,13,20-21H,6,9,11-12,14-18H2,(H,27,31)/t21-,25-/m0/s1. The number of hydrogen-bond acceptors (Lipinski definition) is 5. The third kappa shape index (κ3) is 3.91. The second-order valence-corrected chi connectivity index (χ2v) is 9.04. The molecule has 2 atom stereocenters. The fourth-order valence-corrected chi connectivity index (χ4v) is 5.37. The summed E-state index contributed by atoms with van der Waals surface area (Å²) in [7, 11) is 0. The number of benzene rings is 1. The van der Waals surface area contributed by atoms with Crippen LogP contribution in [0, 0.1) is 5.92 Å². The highest BCUT2D eigenvalue weighted by atomic mass is 16.5. The predicted molar refractivity (Wildman–Crippen MR) is 120 cm³/mol. The van der Waals surface area contributed by atoms with Crippen molar-refractivity contribution >= 4 is 11.9 Å². The number of aromatic nitrogens is 1. The number of pyridine rings is 1. The molecule has 1 aromatic heterocycles. The summed E-state index contributed by atoms with van der Waals surface area (Å²) in [5.74, 6) is -0.187. The van der Waals surface area contributed by atoms with E-state index in [1.807, 2.05) is 24.3 Å². The Morgan fingerprint density at radius 2 is 1.81 bits per heavy atom. The topological polar surface area (TPSA) is 74.8 Å². The monoisotopic (exact) mass is 434 g/mol. The number of nitrogens with zero attached hydrogens (tertiary/aromatic N) is 3. The van der Waals surface area contributed by atoms with Crippen LogP contribution in [0.25, 0.3) is 0 Å². The number of likely N-dealkylation sites (tertiary alicyclic amines) is 1. The lowest BCUT2D eigenvalue weighted by molar-refractivity contribution is -0.135. The van der Waals surface area contributed by atoms with Gasteiger partial charge in [-0.1, -0.05) is 36.4 Å². The first-order valence-electron chi connectivity index (χ1n) is 11.6. The van der Waals surface area contributed by atoms with Crippen LogP contribution >= 0.6 is 0 Å². The number of ether oxygens (including phenoxy) is 1. The van der Waals surface area contributed by atoms with Gasteiger partial charge < -0.3 is 10.1 Å². The number of rotatable bonds is 6. The average molecular weight is 435 g/mol. The van der Waals surface area contributed by atoms with Crippen molar-refractivity contribution in [3.05, 3.63) is 66.0 Å². The summed E-state index contributed by atoms with van der Waals surface area (Å²) >= 11 is 0. The van der Waals surface area contributed by atoms with Crippen molar-refractivity contribution < 1.29 is 14.3 Å². The Hall–Kier alpha value is -2.77. The van der Waals surface area contributed by atoms with Gasteiger partial charge >= 0.3 is 6.03 Å². The van der Waals surface area contributed by atoms with E-state index in [1.165, 1.54) is 10.5 Å². The summed E-state index contributed by atoms with van der Waals surface area (Å²) in [6, 6.07) is 15.7. The van der Waals surface area contributed by atoms with Crippen molar-refractivity contribution in [2.45, 2.75) is 43.9 Å². The van der Waals surface area contributed by atoms with Gasteiger partial charge in [0.2, 0.25) is 0 Å². The first-order valence-corrected chi connectivity index (χ1v) is 11.6. The molecule has 0 aliphatic carbocycles. The van der Waals surface area contributed by atoms with Crippen LogP contribution in [0.3, 0.4) is 0 Å². The molecular formula is C25H30N4O3. The molecule has 168 valence electrons. The van der Waals surface area contributed by atoms with Gasteiger partial charge in [-0.15, -0.1) is 0 Å². The molecule has 7 nitrogen and oxygen atoms in total. The zero-order chi connectivity index (χ0) is 22.0. The number of amides is 3.